The Morgan fingerprint density at radius 2 is 1.64 bits per heavy atom. The summed E-state index contributed by atoms with van der Waals surface area (Å²) in [5.41, 5.74) is 3.32. The minimum atomic E-state index is 0.102. The van der Waals surface area contributed by atoms with E-state index in [2.05, 4.69) is 37.4 Å². The monoisotopic (exact) mass is 294 g/mol. The molecule has 3 atom stereocenters. The molecule has 0 radical (unpaired) electrons. The minimum Gasteiger partial charge on any atom is -0.378 e. The van der Waals surface area contributed by atoms with Crippen LogP contribution in [0.4, 0.5) is 11.4 Å². The molecule has 0 spiro atoms. The normalized spacial score (nSPS) is 23.8. The Morgan fingerprint density at radius 1 is 1.00 bits per heavy atom. The average molecular weight is 294 g/mol. The Bertz CT molecular complexity index is 668. The van der Waals surface area contributed by atoms with Gasteiger partial charge in [0.25, 0.3) is 0 Å². The van der Waals surface area contributed by atoms with Crippen molar-refractivity contribution in [3.8, 4) is 0 Å². The molecule has 114 valence electrons. The van der Waals surface area contributed by atoms with E-state index in [1.807, 2.05) is 41.3 Å². The molecule has 1 amide bonds. The predicted octanol–water partition coefficient (Wildman–Crippen LogP) is 4.23. The Labute approximate surface area is 132 Å². The SMILES string of the molecule is CC(=O)N1c2ccccc2[C@H](Nc2ccccc2)[C@@H](C)[C@@H]1C. The number of nitrogens with zero attached hydrogens (tertiary/aromatic N) is 1. The van der Waals surface area contributed by atoms with Gasteiger partial charge in [0.15, 0.2) is 0 Å². The summed E-state index contributed by atoms with van der Waals surface area (Å²) in [7, 11) is 0. The van der Waals surface area contributed by atoms with E-state index >= 15 is 0 Å². The molecule has 0 saturated carbocycles. The Kier molecular flexibility index (Phi) is 3.88. The van der Waals surface area contributed by atoms with Crippen LogP contribution < -0.4 is 10.2 Å². The molecule has 1 aliphatic rings. The van der Waals surface area contributed by atoms with E-state index in [4.69, 9.17) is 0 Å². The van der Waals surface area contributed by atoms with Crippen molar-refractivity contribution in [2.45, 2.75) is 32.9 Å². The minimum absolute atomic E-state index is 0.102. The third-order valence-electron chi connectivity index (χ3n) is 4.66. The number of para-hydroxylation sites is 2. The maximum absolute atomic E-state index is 12.1. The quantitative estimate of drug-likeness (QED) is 0.899. The Hall–Kier alpha value is -2.29. The van der Waals surface area contributed by atoms with Gasteiger partial charge in [-0.25, -0.2) is 0 Å². The summed E-state index contributed by atoms with van der Waals surface area (Å²) in [5.74, 6) is 0.420. The lowest BCUT2D eigenvalue weighted by Crippen LogP contribution is -2.48. The van der Waals surface area contributed by atoms with Crippen molar-refractivity contribution in [3.05, 3.63) is 60.2 Å². The van der Waals surface area contributed by atoms with Gasteiger partial charge < -0.3 is 10.2 Å². The Balaban J connectivity index is 2.03. The number of amides is 1. The molecular weight excluding hydrogens is 272 g/mol. The highest BCUT2D eigenvalue weighted by Crippen LogP contribution is 2.42. The zero-order valence-electron chi connectivity index (χ0n) is 13.3. The molecule has 1 heterocycles. The molecule has 0 bridgehead atoms. The summed E-state index contributed by atoms with van der Waals surface area (Å²) in [5, 5.41) is 3.64. The third kappa shape index (κ3) is 2.47. The van der Waals surface area contributed by atoms with Crippen LogP contribution in [0.2, 0.25) is 0 Å². The van der Waals surface area contributed by atoms with Gasteiger partial charge in [-0.1, -0.05) is 43.3 Å². The van der Waals surface area contributed by atoms with Crippen molar-refractivity contribution in [2.75, 3.05) is 10.2 Å². The summed E-state index contributed by atoms with van der Waals surface area (Å²) in [4.78, 5) is 14.0. The van der Waals surface area contributed by atoms with Crippen molar-refractivity contribution < 1.29 is 4.79 Å². The van der Waals surface area contributed by atoms with E-state index in [0.717, 1.165) is 11.4 Å². The summed E-state index contributed by atoms with van der Waals surface area (Å²) >= 11 is 0. The highest BCUT2D eigenvalue weighted by Gasteiger charge is 2.37. The number of carbonyl (C=O) groups excluding carboxylic acids is 1. The number of rotatable bonds is 2. The van der Waals surface area contributed by atoms with Gasteiger partial charge in [0.1, 0.15) is 0 Å². The first-order chi connectivity index (χ1) is 10.6. The van der Waals surface area contributed by atoms with Crippen LogP contribution in [0, 0.1) is 5.92 Å². The lowest BCUT2D eigenvalue weighted by atomic mass is 9.82. The number of anilines is 2. The molecule has 1 aliphatic heterocycles. The molecule has 2 aromatic carbocycles. The van der Waals surface area contributed by atoms with Crippen molar-refractivity contribution >= 4 is 17.3 Å². The molecule has 0 saturated heterocycles. The molecule has 3 nitrogen and oxygen atoms in total. The molecule has 3 heteroatoms. The zero-order chi connectivity index (χ0) is 15.7. The second-order valence-electron chi connectivity index (χ2n) is 6.04. The fourth-order valence-corrected chi connectivity index (χ4v) is 3.37. The highest BCUT2D eigenvalue weighted by molar-refractivity contribution is 5.93. The number of fused-ring (bicyclic) bond motifs is 1. The van der Waals surface area contributed by atoms with Crippen molar-refractivity contribution in [2.24, 2.45) is 5.92 Å². The maximum Gasteiger partial charge on any atom is 0.224 e. The topological polar surface area (TPSA) is 32.3 Å². The van der Waals surface area contributed by atoms with Crippen LogP contribution >= 0.6 is 0 Å². The van der Waals surface area contributed by atoms with Crippen molar-refractivity contribution in [3.63, 3.8) is 0 Å². The fourth-order valence-electron chi connectivity index (χ4n) is 3.37. The van der Waals surface area contributed by atoms with Crippen LogP contribution in [0.25, 0.3) is 0 Å². The van der Waals surface area contributed by atoms with Gasteiger partial charge >= 0.3 is 0 Å². The van der Waals surface area contributed by atoms with Crippen molar-refractivity contribution in [1.29, 1.82) is 0 Å². The van der Waals surface area contributed by atoms with Crippen LogP contribution in [-0.2, 0) is 4.79 Å². The molecule has 1 N–H and O–H groups in total. The summed E-state index contributed by atoms with van der Waals surface area (Å²) in [6.45, 7) is 5.98. The number of nitrogens with one attached hydrogen (secondary N) is 1. The van der Waals surface area contributed by atoms with Gasteiger partial charge in [0, 0.05) is 30.3 Å². The molecule has 0 unspecified atom stereocenters. The van der Waals surface area contributed by atoms with Crippen LogP contribution in [0.3, 0.4) is 0 Å². The van der Waals surface area contributed by atoms with E-state index in [-0.39, 0.29) is 18.0 Å². The van der Waals surface area contributed by atoms with E-state index < -0.39 is 0 Å². The van der Waals surface area contributed by atoms with Crippen molar-refractivity contribution in [1.82, 2.24) is 0 Å². The van der Waals surface area contributed by atoms with Gasteiger partial charge in [-0.15, -0.1) is 0 Å². The van der Waals surface area contributed by atoms with Crippen LogP contribution in [0.5, 0.6) is 0 Å². The third-order valence-corrected chi connectivity index (χ3v) is 4.66. The smallest absolute Gasteiger partial charge is 0.224 e. The van der Waals surface area contributed by atoms with Crippen LogP contribution in [0.1, 0.15) is 32.4 Å². The largest absolute Gasteiger partial charge is 0.378 e. The summed E-state index contributed by atoms with van der Waals surface area (Å²) in [6.07, 6.45) is 0. The lowest BCUT2D eigenvalue weighted by Gasteiger charge is -2.44. The van der Waals surface area contributed by atoms with E-state index in [9.17, 15) is 4.79 Å². The second-order valence-corrected chi connectivity index (χ2v) is 6.04. The molecule has 0 aromatic heterocycles. The Morgan fingerprint density at radius 3 is 2.32 bits per heavy atom. The standard InChI is InChI=1S/C19H22N2O/c1-13-14(2)21(15(3)22)18-12-8-7-11-17(18)19(13)20-16-9-5-4-6-10-16/h4-14,19-20H,1-3H3/t13-,14-,19+/m0/s1. The van der Waals surface area contributed by atoms with Gasteiger partial charge in [-0.3, -0.25) is 4.79 Å². The van der Waals surface area contributed by atoms with E-state index in [0.29, 0.717) is 5.92 Å². The highest BCUT2D eigenvalue weighted by atomic mass is 16.2. The van der Waals surface area contributed by atoms with Crippen LogP contribution in [-0.4, -0.2) is 11.9 Å². The van der Waals surface area contributed by atoms with Gasteiger partial charge in [0.05, 0.1) is 6.04 Å². The second kappa shape index (κ2) is 5.84. The van der Waals surface area contributed by atoms with E-state index in [1.165, 1.54) is 5.56 Å². The maximum atomic E-state index is 12.1. The molecule has 0 aliphatic carbocycles. The summed E-state index contributed by atoms with van der Waals surface area (Å²) < 4.78 is 0. The van der Waals surface area contributed by atoms with Gasteiger partial charge in [0.2, 0.25) is 5.91 Å². The predicted molar refractivity (Wildman–Crippen MR) is 91.0 cm³/mol. The first-order valence-corrected chi connectivity index (χ1v) is 7.80. The first kappa shape index (κ1) is 14.6. The fraction of sp³-hybridized carbons (Fsp3) is 0.316. The zero-order valence-corrected chi connectivity index (χ0v) is 13.3. The number of hydrogen-bond donors (Lipinski definition) is 1. The van der Waals surface area contributed by atoms with E-state index in [1.54, 1.807) is 6.92 Å². The number of benzene rings is 2. The molecule has 3 rings (SSSR count). The molecule has 2 aromatic rings. The van der Waals surface area contributed by atoms with Gasteiger partial charge in [-0.2, -0.15) is 0 Å². The lowest BCUT2D eigenvalue weighted by molar-refractivity contribution is -0.117. The molecule has 0 fully saturated rings. The first-order valence-electron chi connectivity index (χ1n) is 7.80. The number of carbonyl (C=O) groups is 1. The molecule has 22 heavy (non-hydrogen) atoms. The van der Waals surface area contributed by atoms with Crippen LogP contribution in [0.15, 0.2) is 54.6 Å². The summed E-state index contributed by atoms with van der Waals surface area (Å²) in [6, 6.07) is 18.8. The average Bonchev–Trinajstić information content (AvgIpc) is 2.52. The number of hydrogen-bond acceptors (Lipinski definition) is 2. The molecular formula is C19H22N2O. The van der Waals surface area contributed by atoms with Gasteiger partial charge in [-0.05, 0) is 30.7 Å².